The van der Waals surface area contributed by atoms with Crippen LogP contribution in [0.5, 0.6) is 0 Å². The van der Waals surface area contributed by atoms with Crippen LogP contribution in [-0.4, -0.2) is 45.8 Å². The van der Waals surface area contributed by atoms with E-state index in [1.165, 1.54) is 0 Å². The molecular formula is C13H23N5O2. The van der Waals surface area contributed by atoms with Crippen LogP contribution in [0.3, 0.4) is 0 Å². The Hall–Kier alpha value is -1.63. The second kappa shape index (κ2) is 5.78. The molecule has 0 aromatic carbocycles. The Balaban J connectivity index is 2.25. The highest BCUT2D eigenvalue weighted by Crippen LogP contribution is 2.31. The van der Waals surface area contributed by atoms with Gasteiger partial charge in [-0.1, -0.05) is 13.8 Å². The summed E-state index contributed by atoms with van der Waals surface area (Å²) in [5.41, 5.74) is 0.668. The van der Waals surface area contributed by atoms with E-state index in [1.807, 2.05) is 6.92 Å². The Morgan fingerprint density at radius 1 is 1.50 bits per heavy atom. The second-order valence-electron chi connectivity index (χ2n) is 5.66. The van der Waals surface area contributed by atoms with Crippen molar-refractivity contribution in [3.8, 4) is 0 Å². The number of likely N-dealkylation sites (tertiary alicyclic amines) is 1. The average molecular weight is 281 g/mol. The molecule has 0 saturated carbocycles. The molecule has 0 aliphatic carbocycles. The van der Waals surface area contributed by atoms with Gasteiger partial charge in [0.2, 0.25) is 5.82 Å². The third-order valence-corrected chi connectivity index (χ3v) is 4.04. The molecule has 0 spiro atoms. The van der Waals surface area contributed by atoms with Crippen molar-refractivity contribution in [3.63, 3.8) is 0 Å². The average Bonchev–Trinajstić information content (AvgIpc) is 2.69. The molecule has 0 bridgehead atoms. The molecule has 20 heavy (non-hydrogen) atoms. The van der Waals surface area contributed by atoms with Crippen molar-refractivity contribution in [2.75, 3.05) is 25.5 Å². The summed E-state index contributed by atoms with van der Waals surface area (Å²) in [6.07, 6.45) is 1.55. The first-order chi connectivity index (χ1) is 9.43. The first-order valence-corrected chi connectivity index (χ1v) is 7.09. The third-order valence-electron chi connectivity index (χ3n) is 4.04. The summed E-state index contributed by atoms with van der Waals surface area (Å²) < 4.78 is 1.60. The highest BCUT2D eigenvalue weighted by atomic mass is 16.6. The second-order valence-corrected chi connectivity index (χ2v) is 5.66. The van der Waals surface area contributed by atoms with E-state index in [2.05, 4.69) is 29.3 Å². The number of aromatic nitrogens is 2. The maximum atomic E-state index is 11.3. The molecule has 7 heteroatoms. The van der Waals surface area contributed by atoms with E-state index in [1.54, 1.807) is 11.7 Å². The number of nitrogens with one attached hydrogen (secondary N) is 1. The molecule has 1 aromatic rings. The SMILES string of the molecule is CCc1nn(C)c(NC2CCN(C)CC2C)c1[N+](=O)[O-]. The van der Waals surface area contributed by atoms with Crippen LogP contribution in [0.25, 0.3) is 0 Å². The van der Waals surface area contributed by atoms with Crippen molar-refractivity contribution >= 4 is 11.5 Å². The van der Waals surface area contributed by atoms with E-state index in [0.29, 0.717) is 23.9 Å². The maximum absolute atomic E-state index is 11.3. The predicted molar refractivity (Wildman–Crippen MR) is 77.9 cm³/mol. The van der Waals surface area contributed by atoms with Crippen LogP contribution in [0.4, 0.5) is 11.5 Å². The van der Waals surface area contributed by atoms with Gasteiger partial charge in [-0.3, -0.25) is 10.1 Å². The standard InChI is InChI=1S/C13H23N5O2/c1-5-10-12(18(19)20)13(17(4)15-10)14-11-6-7-16(3)8-9(11)2/h9,11,14H,5-8H2,1-4H3. The Kier molecular flexibility index (Phi) is 4.27. The zero-order valence-electron chi connectivity index (χ0n) is 12.6. The molecule has 1 aromatic heterocycles. The van der Waals surface area contributed by atoms with Crippen LogP contribution < -0.4 is 5.32 Å². The van der Waals surface area contributed by atoms with Gasteiger partial charge in [-0.25, -0.2) is 4.68 Å². The fourth-order valence-corrected chi connectivity index (χ4v) is 2.90. The van der Waals surface area contributed by atoms with E-state index in [0.717, 1.165) is 19.5 Å². The lowest BCUT2D eigenvalue weighted by atomic mass is 9.94. The number of anilines is 1. The van der Waals surface area contributed by atoms with E-state index in [9.17, 15) is 10.1 Å². The van der Waals surface area contributed by atoms with Gasteiger partial charge in [0.15, 0.2) is 0 Å². The van der Waals surface area contributed by atoms with Crippen LogP contribution in [-0.2, 0) is 13.5 Å². The summed E-state index contributed by atoms with van der Waals surface area (Å²) in [4.78, 5) is 13.3. The van der Waals surface area contributed by atoms with Crippen molar-refractivity contribution < 1.29 is 4.92 Å². The molecule has 1 N–H and O–H groups in total. The summed E-state index contributed by atoms with van der Waals surface area (Å²) in [6, 6.07) is 0.255. The number of hydrogen-bond donors (Lipinski definition) is 1. The van der Waals surface area contributed by atoms with Gasteiger partial charge in [0.25, 0.3) is 0 Å². The van der Waals surface area contributed by atoms with Gasteiger partial charge in [0.05, 0.1) is 4.92 Å². The Morgan fingerprint density at radius 3 is 2.75 bits per heavy atom. The van der Waals surface area contributed by atoms with Crippen molar-refractivity contribution in [1.82, 2.24) is 14.7 Å². The van der Waals surface area contributed by atoms with Gasteiger partial charge >= 0.3 is 5.69 Å². The zero-order chi connectivity index (χ0) is 14.9. The lowest BCUT2D eigenvalue weighted by molar-refractivity contribution is -0.384. The molecule has 1 fully saturated rings. The molecule has 1 saturated heterocycles. The molecular weight excluding hydrogens is 258 g/mol. The van der Waals surface area contributed by atoms with Gasteiger partial charge in [-0.2, -0.15) is 5.10 Å². The predicted octanol–water partition coefficient (Wildman–Crippen LogP) is 1.64. The highest BCUT2D eigenvalue weighted by molar-refractivity contribution is 5.60. The minimum atomic E-state index is -0.326. The lowest BCUT2D eigenvalue weighted by Gasteiger charge is -2.35. The summed E-state index contributed by atoms with van der Waals surface area (Å²) in [5.74, 6) is 0.988. The number of nitrogens with zero attached hydrogens (tertiary/aromatic N) is 4. The maximum Gasteiger partial charge on any atom is 0.333 e. The summed E-state index contributed by atoms with van der Waals surface area (Å²) in [5, 5.41) is 18.9. The number of nitro groups is 1. The molecule has 0 amide bonds. The molecule has 2 atom stereocenters. The van der Waals surface area contributed by atoms with Crippen molar-refractivity contribution in [2.45, 2.75) is 32.7 Å². The number of piperidine rings is 1. The van der Waals surface area contributed by atoms with Gasteiger partial charge in [-0.05, 0) is 32.4 Å². The first-order valence-electron chi connectivity index (χ1n) is 7.09. The van der Waals surface area contributed by atoms with Gasteiger partial charge in [0.1, 0.15) is 5.69 Å². The molecule has 1 aliphatic heterocycles. The molecule has 1 aliphatic rings. The number of hydrogen-bond acceptors (Lipinski definition) is 5. The molecule has 2 rings (SSSR count). The van der Waals surface area contributed by atoms with E-state index in [4.69, 9.17) is 0 Å². The first kappa shape index (κ1) is 14.8. The third kappa shape index (κ3) is 2.77. The molecule has 112 valence electrons. The Bertz CT molecular complexity index is 499. The smallest absolute Gasteiger partial charge is 0.333 e. The van der Waals surface area contributed by atoms with Crippen LogP contribution in [0, 0.1) is 16.0 Å². The topological polar surface area (TPSA) is 76.2 Å². The van der Waals surface area contributed by atoms with Crippen molar-refractivity contribution in [3.05, 3.63) is 15.8 Å². The quantitative estimate of drug-likeness (QED) is 0.670. The van der Waals surface area contributed by atoms with Crippen molar-refractivity contribution in [2.24, 2.45) is 13.0 Å². The van der Waals surface area contributed by atoms with E-state index < -0.39 is 0 Å². The summed E-state index contributed by atoms with van der Waals surface area (Å²) in [7, 11) is 3.86. The minimum absolute atomic E-state index is 0.126. The summed E-state index contributed by atoms with van der Waals surface area (Å²) >= 11 is 0. The van der Waals surface area contributed by atoms with E-state index >= 15 is 0 Å². The molecule has 2 unspecified atom stereocenters. The fourth-order valence-electron chi connectivity index (χ4n) is 2.90. The summed E-state index contributed by atoms with van der Waals surface area (Å²) in [6.45, 7) is 6.08. The van der Waals surface area contributed by atoms with Crippen LogP contribution in [0.1, 0.15) is 26.0 Å². The lowest BCUT2D eigenvalue weighted by Crippen LogP contribution is -2.43. The minimum Gasteiger partial charge on any atom is -0.361 e. The van der Waals surface area contributed by atoms with Crippen LogP contribution in [0.15, 0.2) is 0 Å². The van der Waals surface area contributed by atoms with Crippen LogP contribution >= 0.6 is 0 Å². The number of aryl methyl sites for hydroxylation is 2. The highest BCUT2D eigenvalue weighted by Gasteiger charge is 2.30. The number of rotatable bonds is 4. The zero-order valence-corrected chi connectivity index (χ0v) is 12.6. The monoisotopic (exact) mass is 281 g/mol. The van der Waals surface area contributed by atoms with Gasteiger partial charge in [-0.15, -0.1) is 0 Å². The Morgan fingerprint density at radius 2 is 2.20 bits per heavy atom. The van der Waals surface area contributed by atoms with Crippen molar-refractivity contribution in [1.29, 1.82) is 0 Å². The largest absolute Gasteiger partial charge is 0.361 e. The fraction of sp³-hybridized carbons (Fsp3) is 0.769. The normalized spacial score (nSPS) is 23.8. The molecule has 2 heterocycles. The Labute approximate surface area is 119 Å². The molecule has 0 radical (unpaired) electrons. The van der Waals surface area contributed by atoms with E-state index in [-0.39, 0.29) is 16.7 Å². The van der Waals surface area contributed by atoms with Gasteiger partial charge in [0, 0.05) is 19.6 Å². The van der Waals surface area contributed by atoms with Crippen LogP contribution in [0.2, 0.25) is 0 Å². The molecule has 7 nitrogen and oxygen atoms in total. The van der Waals surface area contributed by atoms with Gasteiger partial charge < -0.3 is 10.2 Å².